The Labute approximate surface area is 184 Å². The summed E-state index contributed by atoms with van der Waals surface area (Å²) in [4.78, 5) is 4.81. The molecule has 0 atom stereocenters. The van der Waals surface area contributed by atoms with Gasteiger partial charge in [-0.1, -0.05) is 50.2 Å². The van der Waals surface area contributed by atoms with Crippen molar-refractivity contribution in [3.8, 4) is 11.5 Å². The zero-order valence-corrected chi connectivity index (χ0v) is 18.5. The number of aryl methyl sites for hydroxylation is 2. The Balaban J connectivity index is 1.40. The van der Waals surface area contributed by atoms with Crippen molar-refractivity contribution >= 4 is 11.0 Å². The number of imidazole rings is 1. The van der Waals surface area contributed by atoms with Gasteiger partial charge in [0.2, 0.25) is 0 Å². The lowest BCUT2D eigenvalue weighted by Crippen LogP contribution is -2.10. The van der Waals surface area contributed by atoms with E-state index >= 15 is 0 Å². The molecule has 0 N–H and O–H groups in total. The molecule has 0 bridgehead atoms. The second-order valence-corrected chi connectivity index (χ2v) is 8.20. The van der Waals surface area contributed by atoms with E-state index in [1.54, 1.807) is 0 Å². The minimum atomic E-state index is 0.440. The van der Waals surface area contributed by atoms with Gasteiger partial charge >= 0.3 is 0 Å². The highest BCUT2D eigenvalue weighted by Crippen LogP contribution is 2.21. The van der Waals surface area contributed by atoms with Gasteiger partial charge in [-0.2, -0.15) is 0 Å². The van der Waals surface area contributed by atoms with E-state index < -0.39 is 0 Å². The van der Waals surface area contributed by atoms with E-state index in [4.69, 9.17) is 14.5 Å². The number of fused-ring (bicyclic) bond motifs is 1. The van der Waals surface area contributed by atoms with Crippen LogP contribution in [0.1, 0.15) is 43.1 Å². The zero-order valence-electron chi connectivity index (χ0n) is 18.5. The summed E-state index contributed by atoms with van der Waals surface area (Å²) >= 11 is 0. The molecule has 0 amide bonds. The number of rotatable bonds is 9. The summed E-state index contributed by atoms with van der Waals surface area (Å²) < 4.78 is 14.2. The molecule has 0 saturated carbocycles. The molecule has 4 nitrogen and oxygen atoms in total. The molecule has 31 heavy (non-hydrogen) atoms. The van der Waals surface area contributed by atoms with E-state index in [0.29, 0.717) is 19.1 Å². The first kappa shape index (κ1) is 21.0. The summed E-state index contributed by atoms with van der Waals surface area (Å²) in [5, 5.41) is 0. The van der Waals surface area contributed by atoms with E-state index in [-0.39, 0.29) is 0 Å². The first-order chi connectivity index (χ1) is 15.1. The fourth-order valence-corrected chi connectivity index (χ4v) is 3.70. The molecule has 0 aliphatic rings. The van der Waals surface area contributed by atoms with Crippen molar-refractivity contribution in [2.24, 2.45) is 0 Å². The van der Waals surface area contributed by atoms with Gasteiger partial charge in [0, 0.05) is 6.54 Å². The normalized spacial score (nSPS) is 11.2. The van der Waals surface area contributed by atoms with E-state index in [1.165, 1.54) is 11.1 Å². The van der Waals surface area contributed by atoms with Gasteiger partial charge in [-0.3, -0.25) is 0 Å². The average molecular weight is 415 g/mol. The summed E-state index contributed by atoms with van der Waals surface area (Å²) in [6, 6.07) is 24.8. The standard InChI is InChI=1S/C27H30N2O2/c1-20(2)22-12-14-23(15-13-22)30-17-7-16-29-26-11-5-4-10-25(26)28-27(29)19-31-24-9-6-8-21(3)18-24/h4-6,8-15,18,20H,7,16-17,19H2,1-3H3. The molecule has 3 aromatic carbocycles. The number of hydrogen-bond acceptors (Lipinski definition) is 3. The number of para-hydroxylation sites is 2. The molecular weight excluding hydrogens is 384 g/mol. The first-order valence-corrected chi connectivity index (χ1v) is 11.0. The Hall–Kier alpha value is -3.27. The second kappa shape index (κ2) is 9.69. The van der Waals surface area contributed by atoms with E-state index in [9.17, 15) is 0 Å². The summed E-state index contributed by atoms with van der Waals surface area (Å²) in [6.45, 7) is 8.40. The van der Waals surface area contributed by atoms with Crippen LogP contribution in [0.15, 0.2) is 72.8 Å². The molecule has 0 aliphatic heterocycles. The van der Waals surface area contributed by atoms with Crippen molar-refractivity contribution in [2.75, 3.05) is 6.61 Å². The third kappa shape index (κ3) is 5.26. The van der Waals surface area contributed by atoms with Crippen LogP contribution in [0.3, 0.4) is 0 Å². The van der Waals surface area contributed by atoms with Crippen molar-refractivity contribution < 1.29 is 9.47 Å². The van der Waals surface area contributed by atoms with Crippen LogP contribution in [0.5, 0.6) is 11.5 Å². The molecule has 1 heterocycles. The van der Waals surface area contributed by atoms with Gasteiger partial charge in [0.15, 0.2) is 0 Å². The number of ether oxygens (including phenoxy) is 2. The summed E-state index contributed by atoms with van der Waals surface area (Å²) in [6.07, 6.45) is 0.893. The molecule has 1 aromatic heterocycles. The highest BCUT2D eigenvalue weighted by atomic mass is 16.5. The quantitative estimate of drug-likeness (QED) is 0.293. The maximum absolute atomic E-state index is 6.03. The smallest absolute Gasteiger partial charge is 0.147 e. The van der Waals surface area contributed by atoms with Crippen LogP contribution in [-0.2, 0) is 13.2 Å². The fraction of sp³-hybridized carbons (Fsp3) is 0.296. The molecule has 0 unspecified atom stereocenters. The third-order valence-corrected chi connectivity index (χ3v) is 5.43. The van der Waals surface area contributed by atoms with Crippen LogP contribution in [0.25, 0.3) is 11.0 Å². The van der Waals surface area contributed by atoms with Crippen molar-refractivity contribution in [1.29, 1.82) is 0 Å². The predicted octanol–water partition coefficient (Wildman–Crippen LogP) is 6.52. The van der Waals surface area contributed by atoms with Crippen molar-refractivity contribution in [1.82, 2.24) is 9.55 Å². The molecule has 0 spiro atoms. The molecule has 4 aromatic rings. The molecule has 0 radical (unpaired) electrons. The molecule has 4 rings (SSSR count). The number of hydrogen-bond donors (Lipinski definition) is 0. The van der Waals surface area contributed by atoms with Crippen LogP contribution < -0.4 is 9.47 Å². The van der Waals surface area contributed by atoms with Crippen LogP contribution in [0, 0.1) is 6.92 Å². The number of aromatic nitrogens is 2. The van der Waals surface area contributed by atoms with Gasteiger partial charge in [0.25, 0.3) is 0 Å². The van der Waals surface area contributed by atoms with Gasteiger partial charge < -0.3 is 14.0 Å². The predicted molar refractivity (Wildman–Crippen MR) is 126 cm³/mol. The van der Waals surface area contributed by atoms with Gasteiger partial charge in [-0.05, 0) is 66.8 Å². The molecular formula is C27H30N2O2. The SMILES string of the molecule is Cc1cccc(OCc2nc3ccccc3n2CCCOc2ccc(C(C)C)cc2)c1. The van der Waals surface area contributed by atoms with E-state index in [0.717, 1.165) is 41.3 Å². The Morgan fingerprint density at radius 3 is 2.45 bits per heavy atom. The second-order valence-electron chi connectivity index (χ2n) is 8.20. The Morgan fingerprint density at radius 1 is 0.871 bits per heavy atom. The first-order valence-electron chi connectivity index (χ1n) is 11.0. The lowest BCUT2D eigenvalue weighted by Gasteiger charge is -2.12. The molecule has 0 saturated heterocycles. The lowest BCUT2D eigenvalue weighted by atomic mass is 10.0. The molecule has 0 aliphatic carbocycles. The maximum atomic E-state index is 6.03. The summed E-state index contributed by atoms with van der Waals surface area (Å²) in [7, 11) is 0. The third-order valence-electron chi connectivity index (χ3n) is 5.43. The van der Waals surface area contributed by atoms with Crippen LogP contribution in [-0.4, -0.2) is 16.2 Å². The van der Waals surface area contributed by atoms with Crippen molar-refractivity contribution in [2.45, 2.75) is 46.3 Å². The topological polar surface area (TPSA) is 36.3 Å². The van der Waals surface area contributed by atoms with E-state index in [1.807, 2.05) is 24.3 Å². The minimum absolute atomic E-state index is 0.440. The van der Waals surface area contributed by atoms with Gasteiger partial charge in [0.05, 0.1) is 17.6 Å². The molecule has 0 fully saturated rings. The minimum Gasteiger partial charge on any atom is -0.494 e. The fourth-order valence-electron chi connectivity index (χ4n) is 3.70. The Morgan fingerprint density at radius 2 is 1.68 bits per heavy atom. The molecule has 160 valence electrons. The maximum Gasteiger partial charge on any atom is 0.147 e. The Kier molecular flexibility index (Phi) is 6.56. The highest BCUT2D eigenvalue weighted by Gasteiger charge is 2.11. The van der Waals surface area contributed by atoms with Crippen molar-refractivity contribution in [3.05, 3.63) is 89.7 Å². The van der Waals surface area contributed by atoms with Crippen LogP contribution in [0.4, 0.5) is 0 Å². The van der Waals surface area contributed by atoms with Gasteiger partial charge in [-0.15, -0.1) is 0 Å². The zero-order chi connectivity index (χ0) is 21.6. The Bertz CT molecular complexity index is 1130. The average Bonchev–Trinajstić information content (AvgIpc) is 3.13. The summed E-state index contributed by atoms with van der Waals surface area (Å²) in [5.41, 5.74) is 4.64. The van der Waals surface area contributed by atoms with Gasteiger partial charge in [-0.25, -0.2) is 4.98 Å². The molecule has 4 heteroatoms. The van der Waals surface area contributed by atoms with Crippen LogP contribution in [0.2, 0.25) is 0 Å². The lowest BCUT2D eigenvalue weighted by molar-refractivity contribution is 0.280. The monoisotopic (exact) mass is 414 g/mol. The summed E-state index contributed by atoms with van der Waals surface area (Å²) in [5.74, 6) is 3.25. The van der Waals surface area contributed by atoms with Crippen molar-refractivity contribution in [3.63, 3.8) is 0 Å². The van der Waals surface area contributed by atoms with Gasteiger partial charge in [0.1, 0.15) is 23.9 Å². The number of nitrogens with zero attached hydrogens (tertiary/aromatic N) is 2. The van der Waals surface area contributed by atoms with E-state index in [2.05, 4.69) is 73.9 Å². The van der Waals surface area contributed by atoms with Crippen LogP contribution >= 0.6 is 0 Å². The largest absolute Gasteiger partial charge is 0.494 e. The number of benzene rings is 3. The highest BCUT2D eigenvalue weighted by molar-refractivity contribution is 5.75.